The molecule has 0 aromatic carbocycles. The van der Waals surface area contributed by atoms with Crippen molar-refractivity contribution >= 4 is 32.2 Å². The van der Waals surface area contributed by atoms with Crippen LogP contribution in [0.2, 0.25) is 0 Å². The Morgan fingerprint density at radius 3 is 3.05 bits per heavy atom. The van der Waals surface area contributed by atoms with Crippen molar-refractivity contribution in [1.29, 1.82) is 0 Å². The minimum atomic E-state index is 0.137. The maximum atomic E-state index is 6.10. The molecule has 0 aliphatic rings. The molecular weight excluding hydrogens is 326 g/mol. The van der Waals surface area contributed by atoms with E-state index in [1.54, 1.807) is 22.2 Å². The van der Waals surface area contributed by atoms with Crippen LogP contribution in [0.15, 0.2) is 28.4 Å². The predicted octanol–water partition coefficient (Wildman–Crippen LogP) is 2.62. The Bertz CT molecular complexity index is 698. The summed E-state index contributed by atoms with van der Waals surface area (Å²) in [5.74, 6) is 0.862. The zero-order valence-corrected chi connectivity index (χ0v) is 12.9. The lowest BCUT2D eigenvalue weighted by molar-refractivity contribution is 0.629. The summed E-state index contributed by atoms with van der Waals surface area (Å²) < 4.78 is 4.83. The topological polar surface area (TPSA) is 61.1 Å². The first kappa shape index (κ1) is 12.8. The van der Waals surface area contributed by atoms with Gasteiger partial charge in [0.2, 0.25) is 0 Å². The second kappa shape index (κ2) is 5.07. The van der Waals surface area contributed by atoms with Gasteiger partial charge < -0.3 is 5.73 Å². The van der Waals surface area contributed by atoms with Gasteiger partial charge in [-0.3, -0.25) is 4.40 Å². The molecular formula is C12H14BrN5S. The third kappa shape index (κ3) is 2.33. The van der Waals surface area contributed by atoms with Crippen molar-refractivity contribution in [3.63, 3.8) is 0 Å². The van der Waals surface area contributed by atoms with Crippen LogP contribution in [-0.4, -0.2) is 25.2 Å². The molecule has 0 amide bonds. The van der Waals surface area contributed by atoms with Crippen LogP contribution in [0.25, 0.3) is 10.8 Å². The predicted molar refractivity (Wildman–Crippen MR) is 79.9 cm³/mol. The number of thiazole rings is 1. The fourth-order valence-corrected chi connectivity index (χ4v) is 3.02. The molecule has 3 rings (SSSR count). The molecule has 100 valence electrons. The van der Waals surface area contributed by atoms with E-state index in [1.165, 1.54) is 0 Å². The molecule has 0 spiro atoms. The quantitative estimate of drug-likeness (QED) is 0.794. The largest absolute Gasteiger partial charge is 0.327 e. The summed E-state index contributed by atoms with van der Waals surface area (Å²) in [6, 6.07) is 0.137. The maximum absolute atomic E-state index is 6.10. The Balaban J connectivity index is 2.12. The number of hydrogen-bond donors (Lipinski definition) is 1. The fourth-order valence-electron chi connectivity index (χ4n) is 2.00. The number of aromatic nitrogens is 4. The first-order valence-electron chi connectivity index (χ1n) is 6.09. The zero-order valence-electron chi connectivity index (χ0n) is 10.5. The smallest absolute Gasteiger partial charge is 0.195 e. The summed E-state index contributed by atoms with van der Waals surface area (Å²) in [5, 5.41) is 6.35. The van der Waals surface area contributed by atoms with Crippen LogP contribution >= 0.6 is 27.3 Å². The van der Waals surface area contributed by atoms with E-state index in [0.29, 0.717) is 0 Å². The summed E-state index contributed by atoms with van der Waals surface area (Å²) in [6.07, 6.45) is 7.44. The van der Waals surface area contributed by atoms with E-state index >= 15 is 0 Å². The van der Waals surface area contributed by atoms with Gasteiger partial charge in [-0.25, -0.2) is 4.68 Å². The van der Waals surface area contributed by atoms with Crippen LogP contribution in [0.1, 0.15) is 19.0 Å². The molecule has 3 heterocycles. The van der Waals surface area contributed by atoms with E-state index in [4.69, 9.17) is 5.73 Å². The first-order valence-corrected chi connectivity index (χ1v) is 7.77. The molecule has 3 aromatic rings. The van der Waals surface area contributed by atoms with E-state index in [9.17, 15) is 0 Å². The zero-order chi connectivity index (χ0) is 13.4. The number of hydrogen-bond acceptors (Lipinski definition) is 4. The van der Waals surface area contributed by atoms with Crippen LogP contribution in [0, 0.1) is 0 Å². The third-order valence-corrected chi connectivity index (χ3v) is 4.25. The lowest BCUT2D eigenvalue weighted by Crippen LogP contribution is -2.23. The van der Waals surface area contributed by atoms with Crippen molar-refractivity contribution in [2.24, 2.45) is 5.73 Å². The second-order valence-corrected chi connectivity index (χ2v) is 6.20. The molecule has 0 radical (unpaired) electrons. The number of fused-ring (bicyclic) bond motifs is 1. The molecule has 0 saturated carbocycles. The van der Waals surface area contributed by atoms with Crippen LogP contribution in [0.3, 0.4) is 0 Å². The van der Waals surface area contributed by atoms with E-state index in [0.717, 1.165) is 33.8 Å². The fraction of sp³-hybridized carbons (Fsp3) is 0.333. The minimum Gasteiger partial charge on any atom is -0.327 e. The third-order valence-electron chi connectivity index (χ3n) is 3.09. The molecule has 0 saturated heterocycles. The standard InChI is InChI=1S/C12H14BrN5S/c1-2-9(14)5-10-11(18-7-8(13)6-15-18)16-12-17(10)3-4-19-12/h3-4,6-7,9H,2,5,14H2,1H3. The van der Waals surface area contributed by atoms with Gasteiger partial charge in [-0.15, -0.1) is 11.3 Å². The van der Waals surface area contributed by atoms with Crippen molar-refractivity contribution in [2.45, 2.75) is 25.8 Å². The van der Waals surface area contributed by atoms with Gasteiger partial charge in [-0.2, -0.15) is 10.1 Å². The molecule has 3 aromatic heterocycles. The normalized spacial score (nSPS) is 13.2. The number of nitrogens with two attached hydrogens (primary N) is 1. The Morgan fingerprint density at radius 1 is 1.53 bits per heavy atom. The maximum Gasteiger partial charge on any atom is 0.195 e. The van der Waals surface area contributed by atoms with Gasteiger partial charge >= 0.3 is 0 Å². The first-order chi connectivity index (χ1) is 9.19. The molecule has 0 fully saturated rings. The summed E-state index contributed by atoms with van der Waals surface area (Å²) in [7, 11) is 0. The monoisotopic (exact) mass is 339 g/mol. The molecule has 5 nitrogen and oxygen atoms in total. The van der Waals surface area contributed by atoms with Crippen LogP contribution in [0.4, 0.5) is 0 Å². The van der Waals surface area contributed by atoms with Crippen molar-refractivity contribution in [3.05, 3.63) is 34.1 Å². The Labute approximate surface area is 123 Å². The van der Waals surface area contributed by atoms with Gasteiger partial charge in [-0.05, 0) is 22.4 Å². The van der Waals surface area contributed by atoms with Crippen molar-refractivity contribution in [2.75, 3.05) is 0 Å². The molecule has 0 aliphatic carbocycles. The van der Waals surface area contributed by atoms with Gasteiger partial charge in [0, 0.05) is 30.2 Å². The summed E-state index contributed by atoms with van der Waals surface area (Å²) in [5.41, 5.74) is 7.21. The molecule has 0 bridgehead atoms. The highest BCUT2D eigenvalue weighted by molar-refractivity contribution is 9.10. The SMILES string of the molecule is CCC(N)Cc1c(-n2cc(Br)cn2)nc2sccn12. The minimum absolute atomic E-state index is 0.137. The van der Waals surface area contributed by atoms with E-state index in [2.05, 4.69) is 37.3 Å². The Hall–Kier alpha value is -1.18. The highest BCUT2D eigenvalue weighted by Crippen LogP contribution is 2.22. The Kier molecular flexibility index (Phi) is 3.42. The van der Waals surface area contributed by atoms with Crippen LogP contribution in [-0.2, 0) is 6.42 Å². The van der Waals surface area contributed by atoms with Gasteiger partial charge in [0.1, 0.15) is 0 Å². The lowest BCUT2D eigenvalue weighted by Gasteiger charge is -2.09. The average molecular weight is 340 g/mol. The summed E-state index contributed by atoms with van der Waals surface area (Å²) >= 11 is 5.03. The van der Waals surface area contributed by atoms with E-state index in [1.807, 2.05) is 17.8 Å². The number of rotatable bonds is 4. The van der Waals surface area contributed by atoms with Crippen molar-refractivity contribution in [3.8, 4) is 5.82 Å². The Morgan fingerprint density at radius 2 is 2.37 bits per heavy atom. The highest BCUT2D eigenvalue weighted by Gasteiger charge is 2.17. The lowest BCUT2D eigenvalue weighted by atomic mass is 10.1. The van der Waals surface area contributed by atoms with Gasteiger partial charge in [-0.1, -0.05) is 6.92 Å². The molecule has 2 N–H and O–H groups in total. The van der Waals surface area contributed by atoms with Gasteiger partial charge in [0.05, 0.1) is 16.4 Å². The molecule has 1 unspecified atom stereocenters. The summed E-state index contributed by atoms with van der Waals surface area (Å²) in [4.78, 5) is 5.62. The van der Waals surface area contributed by atoms with Crippen LogP contribution < -0.4 is 5.73 Å². The average Bonchev–Trinajstić information content (AvgIpc) is 3.06. The van der Waals surface area contributed by atoms with Crippen LogP contribution in [0.5, 0.6) is 0 Å². The summed E-state index contributed by atoms with van der Waals surface area (Å²) in [6.45, 7) is 2.10. The molecule has 19 heavy (non-hydrogen) atoms. The van der Waals surface area contributed by atoms with Crippen molar-refractivity contribution < 1.29 is 0 Å². The molecule has 0 aliphatic heterocycles. The van der Waals surface area contributed by atoms with Gasteiger partial charge in [0.15, 0.2) is 10.8 Å². The molecule has 1 atom stereocenters. The highest BCUT2D eigenvalue weighted by atomic mass is 79.9. The van der Waals surface area contributed by atoms with Crippen molar-refractivity contribution in [1.82, 2.24) is 19.2 Å². The number of halogens is 1. The van der Waals surface area contributed by atoms with E-state index < -0.39 is 0 Å². The number of nitrogens with zero attached hydrogens (tertiary/aromatic N) is 4. The van der Waals surface area contributed by atoms with E-state index in [-0.39, 0.29) is 6.04 Å². The second-order valence-electron chi connectivity index (χ2n) is 4.41. The molecule has 7 heteroatoms. The number of imidazole rings is 1. The van der Waals surface area contributed by atoms with Gasteiger partial charge in [0.25, 0.3) is 0 Å².